The lowest BCUT2D eigenvalue weighted by molar-refractivity contribution is -0.123. The van der Waals surface area contributed by atoms with Gasteiger partial charge in [0.05, 0.1) is 24.4 Å². The lowest BCUT2D eigenvalue weighted by Gasteiger charge is -2.34. The third-order valence-corrected chi connectivity index (χ3v) is 6.17. The number of nitrogens with one attached hydrogen (secondary N) is 3. The molecule has 1 aliphatic carbocycles. The minimum absolute atomic E-state index is 0.0324. The van der Waals surface area contributed by atoms with E-state index in [1.165, 1.54) is 12.8 Å². The summed E-state index contributed by atoms with van der Waals surface area (Å²) in [5.74, 6) is 1.41. The maximum absolute atomic E-state index is 12.8. The van der Waals surface area contributed by atoms with Gasteiger partial charge in [0, 0.05) is 25.2 Å². The minimum Gasteiger partial charge on any atom is -0.495 e. The van der Waals surface area contributed by atoms with Crippen molar-refractivity contribution < 1.29 is 14.3 Å². The van der Waals surface area contributed by atoms with Crippen LogP contribution in [-0.2, 0) is 4.79 Å². The molecule has 2 aromatic rings. The summed E-state index contributed by atoms with van der Waals surface area (Å²) in [6.07, 6.45) is 6.19. The zero-order valence-electron chi connectivity index (χ0n) is 19.0. The van der Waals surface area contributed by atoms with Gasteiger partial charge in [-0.1, -0.05) is 12.8 Å². The number of anilines is 4. The van der Waals surface area contributed by atoms with Crippen molar-refractivity contribution >= 4 is 35.0 Å². The zero-order chi connectivity index (χ0) is 22.9. The Morgan fingerprint density at radius 2 is 2.03 bits per heavy atom. The van der Waals surface area contributed by atoms with Crippen LogP contribution < -0.4 is 25.6 Å². The van der Waals surface area contributed by atoms with Crippen LogP contribution in [-0.4, -0.2) is 48.5 Å². The molecule has 0 spiro atoms. The summed E-state index contributed by atoms with van der Waals surface area (Å²) in [5.41, 5.74) is 1.22. The van der Waals surface area contributed by atoms with Crippen molar-refractivity contribution in [2.24, 2.45) is 5.41 Å². The summed E-state index contributed by atoms with van der Waals surface area (Å²) in [5, 5.41) is 8.81. The fourth-order valence-electron chi connectivity index (χ4n) is 4.32. The topological polar surface area (TPSA) is 108 Å². The van der Waals surface area contributed by atoms with Gasteiger partial charge >= 0.3 is 0 Å². The van der Waals surface area contributed by atoms with E-state index in [0.29, 0.717) is 41.2 Å². The number of amides is 2. The van der Waals surface area contributed by atoms with Gasteiger partial charge in [-0.3, -0.25) is 9.59 Å². The second kappa shape index (κ2) is 8.64. The lowest BCUT2D eigenvalue weighted by atomic mass is 9.91. The van der Waals surface area contributed by atoms with Gasteiger partial charge in [-0.15, -0.1) is 0 Å². The minimum atomic E-state index is -0.546. The molecule has 1 aliphatic heterocycles. The fraction of sp³-hybridized carbons (Fsp3) is 0.478. The zero-order valence-corrected chi connectivity index (χ0v) is 19.0. The van der Waals surface area contributed by atoms with Gasteiger partial charge in [0.2, 0.25) is 11.9 Å². The van der Waals surface area contributed by atoms with E-state index >= 15 is 0 Å². The van der Waals surface area contributed by atoms with Crippen molar-refractivity contribution in [2.45, 2.75) is 45.6 Å². The van der Waals surface area contributed by atoms with Gasteiger partial charge in [0.25, 0.3) is 5.91 Å². The maximum Gasteiger partial charge on any atom is 0.251 e. The Bertz CT molecular complexity index is 1030. The molecule has 2 amide bonds. The third-order valence-electron chi connectivity index (χ3n) is 6.17. The van der Waals surface area contributed by atoms with Crippen LogP contribution in [0.1, 0.15) is 49.9 Å². The molecule has 3 N–H and O–H groups in total. The standard InChI is InChI=1S/C23H30N6O3/c1-23(2)13-29(15-7-5-6-8-15)19-17(26-21(23)31)12-25-22(28-19)27-16-10-9-14(20(30)24-3)11-18(16)32-4/h9-12,15H,5-8,13H2,1-4H3,(H,24,30)(H,26,31)(H,25,27,28). The summed E-state index contributed by atoms with van der Waals surface area (Å²) in [6, 6.07) is 5.49. The summed E-state index contributed by atoms with van der Waals surface area (Å²) < 4.78 is 5.46. The van der Waals surface area contributed by atoms with Crippen LogP contribution in [0.4, 0.5) is 23.1 Å². The van der Waals surface area contributed by atoms with Gasteiger partial charge in [-0.25, -0.2) is 4.98 Å². The molecule has 1 aromatic heterocycles. The fourth-order valence-corrected chi connectivity index (χ4v) is 4.32. The van der Waals surface area contributed by atoms with E-state index in [9.17, 15) is 9.59 Å². The van der Waals surface area contributed by atoms with Gasteiger partial charge in [0.15, 0.2) is 5.82 Å². The monoisotopic (exact) mass is 438 g/mol. The summed E-state index contributed by atoms with van der Waals surface area (Å²) in [7, 11) is 3.13. The molecule has 32 heavy (non-hydrogen) atoms. The van der Waals surface area contributed by atoms with E-state index in [1.807, 2.05) is 13.8 Å². The van der Waals surface area contributed by atoms with Gasteiger partial charge < -0.3 is 25.6 Å². The van der Waals surface area contributed by atoms with E-state index in [1.54, 1.807) is 38.6 Å². The molecule has 0 radical (unpaired) electrons. The van der Waals surface area contributed by atoms with Crippen LogP contribution in [0.5, 0.6) is 5.75 Å². The molecule has 0 unspecified atom stereocenters. The highest BCUT2D eigenvalue weighted by atomic mass is 16.5. The second-order valence-electron chi connectivity index (χ2n) is 8.95. The van der Waals surface area contributed by atoms with Gasteiger partial charge in [0.1, 0.15) is 11.4 Å². The van der Waals surface area contributed by atoms with Crippen molar-refractivity contribution in [3.05, 3.63) is 30.0 Å². The van der Waals surface area contributed by atoms with Crippen molar-refractivity contribution in [3.8, 4) is 5.75 Å². The van der Waals surface area contributed by atoms with Crippen LogP contribution in [0.25, 0.3) is 0 Å². The Morgan fingerprint density at radius 1 is 1.28 bits per heavy atom. The quantitative estimate of drug-likeness (QED) is 0.657. The Kier molecular flexibility index (Phi) is 5.90. The summed E-state index contributed by atoms with van der Waals surface area (Å²) >= 11 is 0. The molecule has 9 nitrogen and oxygen atoms in total. The van der Waals surface area contributed by atoms with Crippen LogP contribution in [0.2, 0.25) is 0 Å². The van der Waals surface area contributed by atoms with Crippen molar-refractivity contribution in [1.29, 1.82) is 0 Å². The first-order chi connectivity index (χ1) is 15.3. The van der Waals surface area contributed by atoms with Crippen molar-refractivity contribution in [1.82, 2.24) is 15.3 Å². The molecule has 1 saturated carbocycles. The Balaban J connectivity index is 1.68. The average molecular weight is 439 g/mol. The first-order valence-electron chi connectivity index (χ1n) is 10.9. The molecule has 1 fully saturated rings. The number of benzene rings is 1. The summed E-state index contributed by atoms with van der Waals surface area (Å²) in [6.45, 7) is 4.51. The SMILES string of the molecule is CNC(=O)c1ccc(Nc2ncc3c(n2)N(C2CCCC2)CC(C)(C)C(=O)N3)c(OC)c1. The molecule has 9 heteroatoms. The van der Waals surface area contributed by atoms with E-state index in [0.717, 1.165) is 18.7 Å². The molecule has 2 heterocycles. The predicted octanol–water partition coefficient (Wildman–Crippen LogP) is 3.32. The molecule has 4 rings (SSSR count). The number of hydrogen-bond donors (Lipinski definition) is 3. The molecule has 170 valence electrons. The largest absolute Gasteiger partial charge is 0.495 e. The molecule has 2 aliphatic rings. The van der Waals surface area contributed by atoms with E-state index in [2.05, 4.69) is 25.8 Å². The molecule has 0 saturated heterocycles. The van der Waals surface area contributed by atoms with Crippen LogP contribution in [0, 0.1) is 5.41 Å². The van der Waals surface area contributed by atoms with Crippen LogP contribution >= 0.6 is 0 Å². The maximum atomic E-state index is 12.8. The molecule has 1 aromatic carbocycles. The van der Waals surface area contributed by atoms with Crippen LogP contribution in [0.15, 0.2) is 24.4 Å². The third kappa shape index (κ3) is 4.19. The van der Waals surface area contributed by atoms with E-state index < -0.39 is 5.41 Å². The number of aromatic nitrogens is 2. The number of methoxy groups -OCH3 is 1. The summed E-state index contributed by atoms with van der Waals surface area (Å²) in [4.78, 5) is 36.2. The predicted molar refractivity (Wildman–Crippen MR) is 124 cm³/mol. The Labute approximate surface area is 188 Å². The number of nitrogens with zero attached hydrogens (tertiary/aromatic N) is 3. The smallest absolute Gasteiger partial charge is 0.251 e. The van der Waals surface area contributed by atoms with Crippen LogP contribution in [0.3, 0.4) is 0 Å². The number of ether oxygens (including phenoxy) is 1. The first kappa shape index (κ1) is 21.9. The highest BCUT2D eigenvalue weighted by molar-refractivity contribution is 5.99. The van der Waals surface area contributed by atoms with Crippen molar-refractivity contribution in [2.75, 3.05) is 36.2 Å². The Hall–Kier alpha value is -3.36. The second-order valence-corrected chi connectivity index (χ2v) is 8.95. The number of rotatable bonds is 5. The highest BCUT2D eigenvalue weighted by Gasteiger charge is 2.39. The first-order valence-corrected chi connectivity index (χ1v) is 10.9. The molecular weight excluding hydrogens is 408 g/mol. The molecular formula is C23H30N6O3. The van der Waals surface area contributed by atoms with E-state index in [4.69, 9.17) is 9.72 Å². The number of carbonyl (C=O) groups is 2. The average Bonchev–Trinajstić information content (AvgIpc) is 3.30. The van der Waals surface area contributed by atoms with E-state index in [-0.39, 0.29) is 11.8 Å². The number of hydrogen-bond acceptors (Lipinski definition) is 7. The number of carbonyl (C=O) groups excluding carboxylic acids is 2. The molecule has 0 atom stereocenters. The Morgan fingerprint density at radius 3 is 2.72 bits per heavy atom. The van der Waals surface area contributed by atoms with Gasteiger partial charge in [-0.2, -0.15) is 4.98 Å². The lowest BCUT2D eigenvalue weighted by Crippen LogP contribution is -2.43. The highest BCUT2D eigenvalue weighted by Crippen LogP contribution is 2.38. The van der Waals surface area contributed by atoms with Crippen molar-refractivity contribution in [3.63, 3.8) is 0 Å². The number of fused-ring (bicyclic) bond motifs is 1. The molecule has 0 bridgehead atoms. The normalized spacial score (nSPS) is 17.9. The van der Waals surface area contributed by atoms with Gasteiger partial charge in [-0.05, 0) is 44.9 Å².